The summed E-state index contributed by atoms with van der Waals surface area (Å²) >= 11 is 0. The third kappa shape index (κ3) is 6.82. The summed E-state index contributed by atoms with van der Waals surface area (Å²) in [6.45, 7) is 5.33. The number of aliphatic imine (C=N–C) groups is 1. The zero-order valence-electron chi connectivity index (χ0n) is 20.8. The van der Waals surface area contributed by atoms with Crippen molar-refractivity contribution in [2.45, 2.75) is 39.3 Å². The molecule has 0 saturated heterocycles. The van der Waals surface area contributed by atoms with E-state index in [1.54, 1.807) is 32.9 Å². The van der Waals surface area contributed by atoms with Gasteiger partial charge in [-0.15, -0.1) is 0 Å². The van der Waals surface area contributed by atoms with Gasteiger partial charge < -0.3 is 15.0 Å². The molecule has 2 aromatic carbocycles. The van der Waals surface area contributed by atoms with Gasteiger partial charge in [0.15, 0.2) is 5.78 Å². The van der Waals surface area contributed by atoms with E-state index in [9.17, 15) is 28.9 Å². The van der Waals surface area contributed by atoms with Crippen LogP contribution in [0.4, 0.5) is 14.9 Å². The van der Waals surface area contributed by atoms with Crippen molar-refractivity contribution in [3.8, 4) is 0 Å². The van der Waals surface area contributed by atoms with Gasteiger partial charge in [-0.1, -0.05) is 24.3 Å². The third-order valence-corrected chi connectivity index (χ3v) is 5.86. The highest BCUT2D eigenvalue weighted by Crippen LogP contribution is 2.36. The molecular formula is C26H29FN4O6. The van der Waals surface area contributed by atoms with Crippen molar-refractivity contribution in [3.05, 3.63) is 75.6 Å². The summed E-state index contributed by atoms with van der Waals surface area (Å²) in [4.78, 5) is 54.5. The highest BCUT2D eigenvalue weighted by Gasteiger charge is 2.43. The number of hydrogen-bond acceptors (Lipinski definition) is 7. The molecule has 1 heterocycles. The fraction of sp³-hybridized carbons (Fsp3) is 0.385. The number of non-ortho nitro benzene ring substituents is 1. The highest BCUT2D eigenvalue weighted by molar-refractivity contribution is 6.08. The summed E-state index contributed by atoms with van der Waals surface area (Å²) in [5.74, 6) is -2.53. The standard InChI is InChI=1S/C26H29FN4O6/c1-16(2)37-25(33)23-17(3)29-26(34)30(24(23)18-8-6-9-19(14-18)31(35)36)13-7-12-28-15-22(32)20-10-4-5-11-21(20)27/h4-6,8-11,14,16,23-24,28H,7,12-13,15H2,1-3H3. The molecule has 0 aromatic heterocycles. The highest BCUT2D eigenvalue weighted by atomic mass is 19.1. The van der Waals surface area contributed by atoms with E-state index in [4.69, 9.17) is 4.74 Å². The number of nitrogens with zero attached hydrogens (tertiary/aromatic N) is 3. The van der Waals surface area contributed by atoms with Crippen LogP contribution in [0.2, 0.25) is 0 Å². The Balaban J connectivity index is 1.77. The number of halogens is 1. The van der Waals surface area contributed by atoms with Crippen molar-refractivity contribution in [1.82, 2.24) is 10.2 Å². The van der Waals surface area contributed by atoms with Gasteiger partial charge in [-0.2, -0.15) is 0 Å². The first kappa shape index (κ1) is 27.6. The molecule has 0 saturated carbocycles. The van der Waals surface area contributed by atoms with E-state index in [1.807, 2.05) is 0 Å². The molecule has 0 spiro atoms. The molecule has 2 unspecified atom stereocenters. The fourth-order valence-corrected chi connectivity index (χ4v) is 4.21. The maximum absolute atomic E-state index is 13.8. The maximum Gasteiger partial charge on any atom is 0.344 e. The Hall–Kier alpha value is -3.99. The Labute approximate surface area is 213 Å². The second kappa shape index (κ2) is 12.3. The van der Waals surface area contributed by atoms with Crippen molar-refractivity contribution >= 4 is 29.2 Å². The van der Waals surface area contributed by atoms with Crippen molar-refractivity contribution in [2.24, 2.45) is 10.9 Å². The molecule has 2 atom stereocenters. The average molecular weight is 513 g/mol. The van der Waals surface area contributed by atoms with E-state index in [0.717, 1.165) is 0 Å². The topological polar surface area (TPSA) is 131 Å². The average Bonchev–Trinajstić information content (AvgIpc) is 2.84. The SMILES string of the molecule is CC1=NC(=O)N(CCCNCC(=O)c2ccccc2F)C(c2cccc([N+](=O)[O-])c2)C1C(=O)OC(C)C. The van der Waals surface area contributed by atoms with Crippen LogP contribution in [-0.2, 0) is 9.53 Å². The lowest BCUT2D eigenvalue weighted by molar-refractivity contribution is -0.385. The molecule has 1 aliphatic rings. The van der Waals surface area contributed by atoms with E-state index in [1.165, 1.54) is 41.3 Å². The number of hydrogen-bond donors (Lipinski definition) is 1. The number of nitro groups is 1. The van der Waals surface area contributed by atoms with E-state index in [2.05, 4.69) is 10.3 Å². The lowest BCUT2D eigenvalue weighted by atomic mass is 9.86. The molecule has 0 fully saturated rings. The minimum Gasteiger partial charge on any atom is -0.462 e. The second-order valence-electron chi connectivity index (χ2n) is 8.92. The first-order valence-corrected chi connectivity index (χ1v) is 11.9. The Morgan fingerprint density at radius 3 is 2.62 bits per heavy atom. The molecule has 0 aliphatic carbocycles. The van der Waals surface area contributed by atoms with Gasteiger partial charge in [-0.05, 0) is 51.4 Å². The van der Waals surface area contributed by atoms with Crippen LogP contribution in [-0.4, -0.2) is 59.1 Å². The van der Waals surface area contributed by atoms with Crippen LogP contribution in [0.1, 0.15) is 49.2 Å². The molecule has 0 radical (unpaired) electrons. The van der Waals surface area contributed by atoms with Gasteiger partial charge >= 0.3 is 12.0 Å². The van der Waals surface area contributed by atoms with Crippen molar-refractivity contribution in [3.63, 3.8) is 0 Å². The van der Waals surface area contributed by atoms with Crippen LogP contribution in [0, 0.1) is 21.8 Å². The first-order chi connectivity index (χ1) is 17.6. The molecule has 11 heteroatoms. The van der Waals surface area contributed by atoms with Gasteiger partial charge in [0.05, 0.1) is 29.2 Å². The minimum atomic E-state index is -0.947. The predicted molar refractivity (Wildman–Crippen MR) is 134 cm³/mol. The van der Waals surface area contributed by atoms with E-state index >= 15 is 0 Å². The quantitative estimate of drug-likeness (QED) is 0.158. The number of ether oxygens (including phenoxy) is 1. The smallest absolute Gasteiger partial charge is 0.344 e. The molecule has 2 amide bonds. The number of esters is 1. The number of Topliss-reactive ketones (excluding diaryl/α,β-unsaturated/α-hetero) is 1. The lowest BCUT2D eigenvalue weighted by Gasteiger charge is -2.38. The van der Waals surface area contributed by atoms with Crippen LogP contribution < -0.4 is 5.32 Å². The van der Waals surface area contributed by atoms with Gasteiger partial charge in [0.25, 0.3) is 5.69 Å². The zero-order valence-corrected chi connectivity index (χ0v) is 20.8. The number of carbonyl (C=O) groups is 3. The summed E-state index contributed by atoms with van der Waals surface area (Å²) < 4.78 is 19.2. The summed E-state index contributed by atoms with van der Waals surface area (Å²) in [7, 11) is 0. The molecular weight excluding hydrogens is 483 g/mol. The molecule has 3 rings (SSSR count). The molecule has 10 nitrogen and oxygen atoms in total. The van der Waals surface area contributed by atoms with Gasteiger partial charge in [0, 0.05) is 24.4 Å². The van der Waals surface area contributed by atoms with Gasteiger partial charge in [-0.25, -0.2) is 14.2 Å². The number of amides is 2. The minimum absolute atomic E-state index is 0.0109. The number of nitro benzene ring substituents is 1. The predicted octanol–water partition coefficient (Wildman–Crippen LogP) is 4.10. The summed E-state index contributed by atoms with van der Waals surface area (Å²) in [6, 6.07) is 10.0. The molecule has 196 valence electrons. The number of carbonyl (C=O) groups excluding carboxylic acids is 3. The first-order valence-electron chi connectivity index (χ1n) is 11.9. The monoisotopic (exact) mass is 512 g/mol. The summed E-state index contributed by atoms with van der Waals surface area (Å²) in [6.07, 6.45) is -0.0317. The van der Waals surface area contributed by atoms with Crippen molar-refractivity contribution in [1.29, 1.82) is 0 Å². The van der Waals surface area contributed by atoms with Crippen LogP contribution in [0.25, 0.3) is 0 Å². The Morgan fingerprint density at radius 1 is 1.22 bits per heavy atom. The summed E-state index contributed by atoms with van der Waals surface area (Å²) in [5, 5.41) is 14.3. The molecule has 37 heavy (non-hydrogen) atoms. The van der Waals surface area contributed by atoms with Crippen molar-refractivity contribution < 1.29 is 28.4 Å². The van der Waals surface area contributed by atoms with Crippen LogP contribution in [0.5, 0.6) is 0 Å². The van der Waals surface area contributed by atoms with Gasteiger partial charge in [0.1, 0.15) is 11.7 Å². The fourth-order valence-electron chi connectivity index (χ4n) is 4.21. The van der Waals surface area contributed by atoms with Crippen molar-refractivity contribution in [2.75, 3.05) is 19.6 Å². The van der Waals surface area contributed by atoms with Crippen LogP contribution in [0.15, 0.2) is 53.5 Å². The maximum atomic E-state index is 13.8. The third-order valence-electron chi connectivity index (χ3n) is 5.86. The van der Waals surface area contributed by atoms with Gasteiger partial charge in [0.2, 0.25) is 0 Å². The normalized spacial score (nSPS) is 17.5. The number of ketones is 1. The Kier molecular flexibility index (Phi) is 9.18. The Bertz CT molecular complexity index is 1220. The molecule has 1 aliphatic heterocycles. The zero-order chi connectivity index (χ0) is 27.1. The van der Waals surface area contributed by atoms with E-state index in [-0.39, 0.29) is 30.1 Å². The molecule has 0 bridgehead atoms. The number of benzene rings is 2. The molecule has 1 N–H and O–H groups in total. The Morgan fingerprint density at radius 2 is 1.95 bits per heavy atom. The number of rotatable bonds is 11. The summed E-state index contributed by atoms with van der Waals surface area (Å²) in [5.41, 5.74) is 0.486. The van der Waals surface area contributed by atoms with E-state index < -0.39 is 46.6 Å². The second-order valence-corrected chi connectivity index (χ2v) is 8.92. The van der Waals surface area contributed by atoms with Crippen LogP contribution in [0.3, 0.4) is 0 Å². The molecule has 2 aromatic rings. The van der Waals surface area contributed by atoms with Gasteiger partial charge in [-0.3, -0.25) is 19.7 Å². The van der Waals surface area contributed by atoms with E-state index in [0.29, 0.717) is 18.5 Å². The van der Waals surface area contributed by atoms with Crippen LogP contribution >= 0.6 is 0 Å². The lowest BCUT2D eigenvalue weighted by Crippen LogP contribution is -2.48. The number of urea groups is 1. The number of nitrogens with one attached hydrogen (secondary N) is 1. The largest absolute Gasteiger partial charge is 0.462 e.